The van der Waals surface area contributed by atoms with Crippen molar-refractivity contribution < 1.29 is 14.4 Å². The maximum atomic E-state index is 13.0. The number of benzene rings is 3. The molecule has 1 heterocycles. The van der Waals surface area contributed by atoms with E-state index in [1.165, 1.54) is 6.08 Å². The molecule has 0 fully saturated rings. The van der Waals surface area contributed by atoms with E-state index in [0.29, 0.717) is 11.4 Å². The maximum Gasteiger partial charge on any atom is 0.268 e. The van der Waals surface area contributed by atoms with Gasteiger partial charge in [-0.15, -0.1) is 0 Å². The Morgan fingerprint density at radius 3 is 2.23 bits per heavy atom. The molecule has 152 valence electrons. The molecule has 0 saturated heterocycles. The zero-order valence-corrected chi connectivity index (χ0v) is 17.1. The molecule has 0 unspecified atom stereocenters. The van der Waals surface area contributed by atoms with Crippen LogP contribution in [0.5, 0.6) is 0 Å². The summed E-state index contributed by atoms with van der Waals surface area (Å²) < 4.78 is 0. The van der Waals surface area contributed by atoms with Crippen molar-refractivity contribution in [2.45, 2.75) is 0 Å². The second kappa shape index (κ2) is 8.73. The van der Waals surface area contributed by atoms with E-state index in [4.69, 9.17) is 12.2 Å². The Balaban J connectivity index is 1.49. The number of fused-ring (bicyclic) bond motifs is 1. The van der Waals surface area contributed by atoms with Gasteiger partial charge in [-0.05, 0) is 48.1 Å². The minimum atomic E-state index is -0.451. The first kappa shape index (κ1) is 20.2. The van der Waals surface area contributed by atoms with Gasteiger partial charge in [-0.3, -0.25) is 19.7 Å². The first-order valence-electron chi connectivity index (χ1n) is 9.46. The fourth-order valence-corrected chi connectivity index (χ4v) is 3.45. The molecule has 0 atom stereocenters. The Bertz CT molecular complexity index is 1210. The molecule has 3 aromatic carbocycles. The summed E-state index contributed by atoms with van der Waals surface area (Å²) in [5, 5.41) is 5.43. The molecule has 31 heavy (non-hydrogen) atoms. The third-order valence-corrected chi connectivity index (χ3v) is 4.85. The van der Waals surface area contributed by atoms with Crippen LogP contribution in [-0.4, -0.2) is 22.8 Å². The smallest absolute Gasteiger partial charge is 0.268 e. The van der Waals surface area contributed by atoms with Gasteiger partial charge in [-0.25, -0.2) is 4.90 Å². The summed E-state index contributed by atoms with van der Waals surface area (Å²) >= 11 is 5.22. The second-order valence-electron chi connectivity index (χ2n) is 6.70. The van der Waals surface area contributed by atoms with E-state index in [-0.39, 0.29) is 16.2 Å². The minimum absolute atomic E-state index is 0.0227. The van der Waals surface area contributed by atoms with Crippen LogP contribution >= 0.6 is 12.2 Å². The highest BCUT2D eigenvalue weighted by molar-refractivity contribution is 7.80. The molecule has 3 aromatic rings. The fourth-order valence-electron chi connectivity index (χ4n) is 3.24. The SMILES string of the molecule is O=C(C=Cc1ccccc1)NC(=S)Nc1cccc2c1C(=O)N(c1ccccc1)C2=O. The highest BCUT2D eigenvalue weighted by Crippen LogP contribution is 2.32. The van der Waals surface area contributed by atoms with Gasteiger partial charge in [0.25, 0.3) is 11.8 Å². The van der Waals surface area contributed by atoms with Gasteiger partial charge in [0.15, 0.2) is 5.11 Å². The number of hydrogen-bond acceptors (Lipinski definition) is 4. The third-order valence-electron chi connectivity index (χ3n) is 4.64. The van der Waals surface area contributed by atoms with Crippen molar-refractivity contribution in [2.24, 2.45) is 0 Å². The molecule has 4 rings (SSSR count). The van der Waals surface area contributed by atoms with Crippen LogP contribution in [-0.2, 0) is 4.79 Å². The second-order valence-corrected chi connectivity index (χ2v) is 7.11. The van der Waals surface area contributed by atoms with Gasteiger partial charge in [0.05, 0.1) is 22.5 Å². The van der Waals surface area contributed by atoms with Gasteiger partial charge in [0.1, 0.15) is 0 Å². The lowest BCUT2D eigenvalue weighted by Crippen LogP contribution is -2.33. The molecule has 0 bridgehead atoms. The van der Waals surface area contributed by atoms with Crippen molar-refractivity contribution >= 4 is 52.5 Å². The molecule has 0 spiro atoms. The Morgan fingerprint density at radius 1 is 0.839 bits per heavy atom. The summed E-state index contributed by atoms with van der Waals surface area (Å²) in [6, 6.07) is 23.0. The minimum Gasteiger partial charge on any atom is -0.332 e. The van der Waals surface area contributed by atoms with Crippen LogP contribution in [0, 0.1) is 0 Å². The monoisotopic (exact) mass is 427 g/mol. The van der Waals surface area contributed by atoms with Gasteiger partial charge in [-0.2, -0.15) is 0 Å². The highest BCUT2D eigenvalue weighted by Gasteiger charge is 2.38. The number of carbonyl (C=O) groups excluding carboxylic acids is 3. The Labute approximate surface area is 184 Å². The quantitative estimate of drug-likeness (QED) is 0.374. The zero-order valence-electron chi connectivity index (χ0n) is 16.2. The number of anilines is 2. The van der Waals surface area contributed by atoms with Gasteiger partial charge in [0.2, 0.25) is 5.91 Å². The number of carbonyl (C=O) groups is 3. The lowest BCUT2D eigenvalue weighted by molar-refractivity contribution is -0.115. The Morgan fingerprint density at radius 2 is 1.52 bits per heavy atom. The van der Waals surface area contributed by atoms with Crippen molar-refractivity contribution in [2.75, 3.05) is 10.2 Å². The zero-order chi connectivity index (χ0) is 21.8. The molecule has 6 nitrogen and oxygen atoms in total. The summed E-state index contributed by atoms with van der Waals surface area (Å²) in [6.07, 6.45) is 3.03. The van der Waals surface area contributed by atoms with E-state index in [2.05, 4.69) is 10.6 Å². The fraction of sp³-hybridized carbons (Fsp3) is 0. The molecule has 0 saturated carbocycles. The number of para-hydroxylation sites is 1. The molecular weight excluding hydrogens is 410 g/mol. The lowest BCUT2D eigenvalue weighted by atomic mass is 10.1. The van der Waals surface area contributed by atoms with Crippen LogP contribution in [0.1, 0.15) is 26.3 Å². The summed E-state index contributed by atoms with van der Waals surface area (Å²) in [4.78, 5) is 39.1. The van der Waals surface area contributed by atoms with Crippen LogP contribution in [0.25, 0.3) is 6.08 Å². The number of imide groups is 1. The van der Waals surface area contributed by atoms with Gasteiger partial charge in [0, 0.05) is 6.08 Å². The molecule has 1 aliphatic heterocycles. The molecule has 0 radical (unpaired) electrons. The lowest BCUT2D eigenvalue weighted by Gasteiger charge is -2.14. The molecular formula is C24H17N3O3S. The van der Waals surface area contributed by atoms with E-state index in [1.807, 2.05) is 36.4 Å². The van der Waals surface area contributed by atoms with Crippen molar-refractivity contribution in [3.05, 3.63) is 102 Å². The molecule has 0 aliphatic carbocycles. The van der Waals surface area contributed by atoms with Crippen LogP contribution in [0.2, 0.25) is 0 Å². The average molecular weight is 427 g/mol. The molecule has 7 heteroatoms. The summed E-state index contributed by atoms with van der Waals surface area (Å²) in [6.45, 7) is 0. The van der Waals surface area contributed by atoms with E-state index < -0.39 is 17.7 Å². The van der Waals surface area contributed by atoms with Crippen molar-refractivity contribution in [1.29, 1.82) is 0 Å². The third kappa shape index (κ3) is 4.26. The maximum absolute atomic E-state index is 13.0. The number of rotatable bonds is 4. The van der Waals surface area contributed by atoms with Crippen molar-refractivity contribution in [1.82, 2.24) is 5.32 Å². The van der Waals surface area contributed by atoms with E-state index in [9.17, 15) is 14.4 Å². The molecule has 0 aromatic heterocycles. The van der Waals surface area contributed by atoms with E-state index >= 15 is 0 Å². The Hall–Kier alpha value is -4.10. The van der Waals surface area contributed by atoms with Gasteiger partial charge < -0.3 is 5.32 Å². The number of amides is 3. The van der Waals surface area contributed by atoms with Crippen LogP contribution < -0.4 is 15.5 Å². The average Bonchev–Trinajstić information content (AvgIpc) is 3.04. The normalized spacial score (nSPS) is 12.7. The topological polar surface area (TPSA) is 78.5 Å². The van der Waals surface area contributed by atoms with E-state index in [0.717, 1.165) is 10.5 Å². The summed E-state index contributed by atoms with van der Waals surface area (Å²) in [5.41, 5.74) is 2.21. The largest absolute Gasteiger partial charge is 0.332 e. The summed E-state index contributed by atoms with van der Waals surface area (Å²) in [7, 11) is 0. The predicted octanol–water partition coefficient (Wildman–Crippen LogP) is 4.01. The Kier molecular flexibility index (Phi) is 5.68. The first-order chi connectivity index (χ1) is 15.0. The van der Waals surface area contributed by atoms with Crippen LogP contribution in [0.15, 0.2) is 84.9 Å². The number of hydrogen-bond donors (Lipinski definition) is 2. The number of nitrogens with one attached hydrogen (secondary N) is 2. The highest BCUT2D eigenvalue weighted by atomic mass is 32.1. The van der Waals surface area contributed by atoms with Crippen LogP contribution in [0.4, 0.5) is 11.4 Å². The van der Waals surface area contributed by atoms with E-state index in [1.54, 1.807) is 48.5 Å². The molecule has 3 amide bonds. The molecule has 2 N–H and O–H groups in total. The van der Waals surface area contributed by atoms with Crippen molar-refractivity contribution in [3.63, 3.8) is 0 Å². The van der Waals surface area contributed by atoms with Crippen molar-refractivity contribution in [3.8, 4) is 0 Å². The van der Waals surface area contributed by atoms with Gasteiger partial charge >= 0.3 is 0 Å². The van der Waals surface area contributed by atoms with Crippen LogP contribution in [0.3, 0.4) is 0 Å². The predicted molar refractivity (Wildman–Crippen MR) is 124 cm³/mol. The number of thiocarbonyl (C=S) groups is 1. The van der Waals surface area contributed by atoms with Gasteiger partial charge in [-0.1, -0.05) is 54.6 Å². The summed E-state index contributed by atoms with van der Waals surface area (Å²) in [5.74, 6) is -1.27. The molecule has 1 aliphatic rings. The first-order valence-corrected chi connectivity index (χ1v) is 9.87. The number of nitrogens with zero attached hydrogens (tertiary/aromatic N) is 1. The standard InChI is InChI=1S/C24H17N3O3S/c28-20(15-14-16-8-3-1-4-9-16)26-24(31)25-19-13-7-12-18-21(19)23(30)27(22(18)29)17-10-5-2-6-11-17/h1-15H,(H2,25,26,28,31).